The van der Waals surface area contributed by atoms with Crippen molar-refractivity contribution in [2.45, 2.75) is 38.1 Å². The van der Waals surface area contributed by atoms with Crippen LogP contribution < -0.4 is 20.7 Å². The largest absolute Gasteiger partial charge is 0.497 e. The molecule has 0 saturated heterocycles. The van der Waals surface area contributed by atoms with E-state index in [9.17, 15) is 19.2 Å². The maximum absolute atomic E-state index is 12.7. The number of nitrogens with one attached hydrogen (secondary N) is 3. The molecule has 0 spiro atoms. The van der Waals surface area contributed by atoms with Gasteiger partial charge in [0.15, 0.2) is 0 Å². The minimum atomic E-state index is -0.753. The lowest BCUT2D eigenvalue weighted by Gasteiger charge is -2.19. The topological polar surface area (TPSA) is 123 Å². The molecule has 3 amide bonds. The van der Waals surface area contributed by atoms with Crippen LogP contribution in [0, 0.1) is 0 Å². The van der Waals surface area contributed by atoms with Crippen LogP contribution >= 0.6 is 0 Å². The van der Waals surface area contributed by atoms with Gasteiger partial charge in [0.25, 0.3) is 5.91 Å². The molecule has 0 aliphatic rings. The molecule has 0 heterocycles. The quantitative estimate of drug-likeness (QED) is 0.279. The monoisotopic (exact) mass is 483 g/mol. The third-order valence-corrected chi connectivity index (χ3v) is 5.24. The van der Waals surface area contributed by atoms with E-state index in [-0.39, 0.29) is 36.5 Å². The van der Waals surface area contributed by atoms with Gasteiger partial charge in [0.2, 0.25) is 11.8 Å². The van der Waals surface area contributed by atoms with E-state index >= 15 is 0 Å². The van der Waals surface area contributed by atoms with Gasteiger partial charge >= 0.3 is 5.97 Å². The Labute approximate surface area is 205 Å². The summed E-state index contributed by atoms with van der Waals surface area (Å²) >= 11 is 0. The van der Waals surface area contributed by atoms with E-state index in [4.69, 9.17) is 4.74 Å². The van der Waals surface area contributed by atoms with Crippen molar-refractivity contribution in [3.63, 3.8) is 0 Å². The van der Waals surface area contributed by atoms with Gasteiger partial charge in [-0.1, -0.05) is 30.3 Å². The normalized spacial score (nSPS) is 11.1. The van der Waals surface area contributed by atoms with Gasteiger partial charge in [0.1, 0.15) is 11.8 Å². The first-order chi connectivity index (χ1) is 16.9. The Bertz CT molecular complexity index is 963. The van der Waals surface area contributed by atoms with Crippen molar-refractivity contribution < 1.29 is 28.7 Å². The van der Waals surface area contributed by atoms with E-state index in [2.05, 4.69) is 20.7 Å². The summed E-state index contributed by atoms with van der Waals surface area (Å²) in [5.74, 6) is -0.515. The average molecular weight is 484 g/mol. The molecule has 0 saturated carbocycles. The first-order valence-electron chi connectivity index (χ1n) is 11.5. The lowest BCUT2D eigenvalue weighted by molar-refractivity contribution is -0.140. The van der Waals surface area contributed by atoms with Crippen molar-refractivity contribution in [2.75, 3.05) is 27.3 Å². The van der Waals surface area contributed by atoms with Crippen molar-refractivity contribution >= 4 is 23.7 Å². The molecule has 0 aliphatic heterocycles. The maximum atomic E-state index is 12.7. The van der Waals surface area contributed by atoms with E-state index in [1.54, 1.807) is 31.4 Å². The van der Waals surface area contributed by atoms with E-state index in [0.29, 0.717) is 43.7 Å². The van der Waals surface area contributed by atoms with Gasteiger partial charge in [-0.3, -0.25) is 19.2 Å². The number of rotatable bonds is 14. The highest BCUT2D eigenvalue weighted by Gasteiger charge is 2.21. The summed E-state index contributed by atoms with van der Waals surface area (Å²) in [6.45, 7) is 0.619. The highest BCUT2D eigenvalue weighted by atomic mass is 16.5. The molecule has 0 fully saturated rings. The first kappa shape index (κ1) is 27.4. The summed E-state index contributed by atoms with van der Waals surface area (Å²) < 4.78 is 9.67. The Morgan fingerprint density at radius 1 is 0.829 bits per heavy atom. The van der Waals surface area contributed by atoms with Crippen LogP contribution in [0.4, 0.5) is 0 Å². The summed E-state index contributed by atoms with van der Waals surface area (Å²) in [6, 6.07) is 15.4. The van der Waals surface area contributed by atoms with Gasteiger partial charge in [-0.25, -0.2) is 0 Å². The molecule has 2 aromatic carbocycles. The number of esters is 1. The summed E-state index contributed by atoms with van der Waals surface area (Å²) in [7, 11) is 2.87. The predicted octanol–water partition coefficient (Wildman–Crippen LogP) is 2.00. The number of hydrogen-bond donors (Lipinski definition) is 3. The SMILES string of the molecule is COC(=O)CCCNC(=O)[C@@H](Cc1ccccc1)NC(=O)CCCNC(=O)c1ccc(OC)cc1. The van der Waals surface area contributed by atoms with Crippen LogP contribution in [-0.4, -0.2) is 57.0 Å². The van der Waals surface area contributed by atoms with Crippen LogP contribution in [-0.2, 0) is 25.5 Å². The third-order valence-electron chi connectivity index (χ3n) is 5.24. The van der Waals surface area contributed by atoms with E-state index in [0.717, 1.165) is 5.56 Å². The molecule has 9 heteroatoms. The zero-order valence-electron chi connectivity index (χ0n) is 20.2. The zero-order chi connectivity index (χ0) is 25.5. The van der Waals surface area contributed by atoms with Gasteiger partial charge in [-0.05, 0) is 42.7 Å². The van der Waals surface area contributed by atoms with Gasteiger partial charge in [0.05, 0.1) is 14.2 Å². The molecule has 0 radical (unpaired) electrons. The van der Waals surface area contributed by atoms with Crippen LogP contribution in [0.1, 0.15) is 41.6 Å². The Hall–Kier alpha value is -3.88. The Morgan fingerprint density at radius 3 is 2.14 bits per heavy atom. The Morgan fingerprint density at radius 2 is 1.49 bits per heavy atom. The van der Waals surface area contributed by atoms with Crippen molar-refractivity contribution in [3.8, 4) is 5.75 Å². The molecule has 35 heavy (non-hydrogen) atoms. The fourth-order valence-corrected chi connectivity index (χ4v) is 3.29. The lowest BCUT2D eigenvalue weighted by Crippen LogP contribution is -2.48. The highest BCUT2D eigenvalue weighted by Crippen LogP contribution is 2.11. The fourth-order valence-electron chi connectivity index (χ4n) is 3.29. The van der Waals surface area contributed by atoms with E-state index in [1.807, 2.05) is 30.3 Å². The molecule has 2 rings (SSSR count). The second-order valence-electron chi connectivity index (χ2n) is 7.87. The fraction of sp³-hybridized carbons (Fsp3) is 0.385. The second-order valence-corrected chi connectivity index (χ2v) is 7.87. The molecule has 188 valence electrons. The highest BCUT2D eigenvalue weighted by molar-refractivity contribution is 5.94. The molecular weight excluding hydrogens is 450 g/mol. The van der Waals surface area contributed by atoms with Crippen molar-refractivity contribution in [1.82, 2.24) is 16.0 Å². The minimum absolute atomic E-state index is 0.157. The number of carbonyl (C=O) groups excluding carboxylic acids is 4. The number of benzene rings is 2. The van der Waals surface area contributed by atoms with Crippen LogP contribution in [0.3, 0.4) is 0 Å². The van der Waals surface area contributed by atoms with Crippen molar-refractivity contribution in [1.29, 1.82) is 0 Å². The average Bonchev–Trinajstić information content (AvgIpc) is 2.88. The number of amides is 3. The standard InChI is InChI=1S/C26H33N3O6/c1-34-21-14-12-20(13-15-21)25(32)27-16-6-10-23(30)29-22(18-19-8-4-3-5-9-19)26(33)28-17-7-11-24(31)35-2/h3-5,8-9,12-15,22H,6-7,10-11,16-18H2,1-2H3,(H,27,32)(H,28,33)(H,29,30)/t22-/m1/s1. The molecule has 0 aliphatic carbocycles. The van der Waals surface area contributed by atoms with Crippen LogP contribution in [0.5, 0.6) is 5.75 Å². The smallest absolute Gasteiger partial charge is 0.305 e. The van der Waals surface area contributed by atoms with Gasteiger partial charge in [-0.2, -0.15) is 0 Å². The number of carbonyl (C=O) groups is 4. The zero-order valence-corrected chi connectivity index (χ0v) is 20.2. The molecule has 2 aromatic rings. The van der Waals surface area contributed by atoms with Gasteiger partial charge in [-0.15, -0.1) is 0 Å². The van der Waals surface area contributed by atoms with E-state index in [1.165, 1.54) is 7.11 Å². The predicted molar refractivity (Wildman–Crippen MR) is 131 cm³/mol. The van der Waals surface area contributed by atoms with Gasteiger partial charge in [0, 0.05) is 37.9 Å². The number of methoxy groups -OCH3 is 2. The molecule has 0 aromatic heterocycles. The van der Waals surface area contributed by atoms with Crippen LogP contribution in [0.25, 0.3) is 0 Å². The molecule has 0 unspecified atom stereocenters. The Kier molecular flexibility index (Phi) is 11.8. The molecule has 0 bridgehead atoms. The van der Waals surface area contributed by atoms with Crippen molar-refractivity contribution in [2.24, 2.45) is 0 Å². The number of ether oxygens (including phenoxy) is 2. The maximum Gasteiger partial charge on any atom is 0.305 e. The van der Waals surface area contributed by atoms with Crippen LogP contribution in [0.2, 0.25) is 0 Å². The lowest BCUT2D eigenvalue weighted by atomic mass is 10.0. The second kappa shape index (κ2) is 15.1. The summed E-state index contributed by atoms with van der Waals surface area (Å²) in [4.78, 5) is 48.7. The molecule has 9 nitrogen and oxygen atoms in total. The van der Waals surface area contributed by atoms with Crippen molar-refractivity contribution in [3.05, 3.63) is 65.7 Å². The first-order valence-corrected chi connectivity index (χ1v) is 11.5. The number of hydrogen-bond acceptors (Lipinski definition) is 6. The Balaban J connectivity index is 1.81. The molecule has 3 N–H and O–H groups in total. The molecule has 1 atom stereocenters. The molecular formula is C26H33N3O6. The van der Waals surface area contributed by atoms with E-state index < -0.39 is 6.04 Å². The van der Waals surface area contributed by atoms with Crippen LogP contribution in [0.15, 0.2) is 54.6 Å². The minimum Gasteiger partial charge on any atom is -0.497 e. The summed E-state index contributed by atoms with van der Waals surface area (Å²) in [5.41, 5.74) is 1.41. The summed E-state index contributed by atoms with van der Waals surface area (Å²) in [6.07, 6.45) is 1.56. The van der Waals surface area contributed by atoms with Gasteiger partial charge < -0.3 is 25.4 Å². The third kappa shape index (κ3) is 10.3. The summed E-state index contributed by atoms with van der Waals surface area (Å²) in [5, 5.41) is 8.34.